The van der Waals surface area contributed by atoms with Gasteiger partial charge in [-0.2, -0.15) is 0 Å². The molecule has 0 fully saturated rings. The van der Waals surface area contributed by atoms with Crippen LogP contribution in [-0.4, -0.2) is 10.2 Å². The maximum atomic E-state index is 5.26. The van der Waals surface area contributed by atoms with Gasteiger partial charge in [-0.1, -0.05) is 36.4 Å². The van der Waals surface area contributed by atoms with Crippen LogP contribution < -0.4 is 0 Å². The maximum Gasteiger partial charge on any atom is 0.226 e. The van der Waals surface area contributed by atoms with Crippen molar-refractivity contribution in [3.05, 3.63) is 11.8 Å². The van der Waals surface area contributed by atoms with Crippen molar-refractivity contribution in [2.75, 3.05) is 0 Å². The Hall–Kier alpha value is -0.130. The number of halogens is 1. The molecule has 0 saturated carbocycles. The fourth-order valence-corrected chi connectivity index (χ4v) is 0.862. The third-order valence-corrected chi connectivity index (χ3v) is 1.74. The summed E-state index contributed by atoms with van der Waals surface area (Å²) in [6, 6.07) is 0. The van der Waals surface area contributed by atoms with E-state index in [4.69, 9.17) is 4.42 Å². The lowest BCUT2D eigenvalue weighted by atomic mass is 10.2. The first-order chi connectivity index (χ1) is 4.74. The van der Waals surface area contributed by atoms with Gasteiger partial charge in [-0.3, -0.25) is 0 Å². The third-order valence-electron chi connectivity index (χ3n) is 1.09. The van der Waals surface area contributed by atoms with Crippen molar-refractivity contribution in [1.29, 1.82) is 0 Å². The van der Waals surface area contributed by atoms with Gasteiger partial charge in [-0.25, -0.2) is 0 Å². The predicted octanol–water partition coefficient (Wildman–Crippen LogP) is 2.13. The van der Waals surface area contributed by atoms with Gasteiger partial charge in [0, 0.05) is 5.92 Å². The number of rotatable bonds is 2. The Morgan fingerprint density at radius 2 is 2.20 bits per heavy atom. The Morgan fingerprint density at radius 1 is 1.50 bits per heavy atom. The predicted molar refractivity (Wildman–Crippen MR) is 46.1 cm³/mol. The normalized spacial score (nSPS) is 10.8. The monoisotopic (exact) mass is 252 g/mol. The largest absolute Gasteiger partial charge is 0.424 e. The molecule has 10 heavy (non-hydrogen) atoms. The molecule has 0 amide bonds. The molecule has 0 N–H and O–H groups in total. The highest BCUT2D eigenvalue weighted by Gasteiger charge is 2.07. The second kappa shape index (κ2) is 3.32. The van der Waals surface area contributed by atoms with Crippen molar-refractivity contribution in [2.24, 2.45) is 0 Å². The molecule has 0 atom stereocenters. The second-order valence-electron chi connectivity index (χ2n) is 2.32. The van der Waals surface area contributed by atoms with E-state index in [1.54, 1.807) is 0 Å². The summed E-state index contributed by atoms with van der Waals surface area (Å²) >= 11 is 2.19. The Morgan fingerprint density at radius 3 is 2.50 bits per heavy atom. The van der Waals surface area contributed by atoms with Gasteiger partial charge in [0.2, 0.25) is 11.8 Å². The summed E-state index contributed by atoms with van der Waals surface area (Å²) in [7, 11) is 0. The average molecular weight is 252 g/mol. The first-order valence-electron chi connectivity index (χ1n) is 3.12. The first-order valence-corrected chi connectivity index (χ1v) is 4.65. The molecule has 0 aromatic carbocycles. The van der Waals surface area contributed by atoms with Crippen molar-refractivity contribution < 1.29 is 4.42 Å². The fraction of sp³-hybridized carbons (Fsp3) is 0.667. The standard InChI is InChI=1S/C6H9IN2O/c1-4(2)6-9-8-5(3-7)10-6/h4H,3H2,1-2H3. The molecule has 0 spiro atoms. The number of aromatic nitrogens is 2. The summed E-state index contributed by atoms with van der Waals surface area (Å²) < 4.78 is 6.05. The van der Waals surface area contributed by atoms with Gasteiger partial charge in [0.15, 0.2) is 0 Å². The topological polar surface area (TPSA) is 38.9 Å². The summed E-state index contributed by atoms with van der Waals surface area (Å²) in [6.07, 6.45) is 0. The molecule has 1 aromatic heterocycles. The SMILES string of the molecule is CC(C)c1nnc(CI)o1. The highest BCUT2D eigenvalue weighted by molar-refractivity contribution is 14.1. The van der Waals surface area contributed by atoms with Crippen molar-refractivity contribution in [3.8, 4) is 0 Å². The minimum Gasteiger partial charge on any atom is -0.424 e. The molecule has 1 aromatic rings. The van der Waals surface area contributed by atoms with Crippen LogP contribution in [0.1, 0.15) is 31.5 Å². The van der Waals surface area contributed by atoms with Crippen LogP contribution in [0.5, 0.6) is 0 Å². The van der Waals surface area contributed by atoms with E-state index in [1.165, 1.54) is 0 Å². The Labute approximate surface area is 73.4 Å². The molecule has 3 nitrogen and oxygen atoms in total. The molecule has 0 bridgehead atoms. The van der Waals surface area contributed by atoms with Crippen LogP contribution in [0.3, 0.4) is 0 Å². The van der Waals surface area contributed by atoms with Gasteiger partial charge in [0.1, 0.15) is 0 Å². The summed E-state index contributed by atoms with van der Waals surface area (Å²) in [6.45, 7) is 4.06. The summed E-state index contributed by atoms with van der Waals surface area (Å²) in [4.78, 5) is 0. The minimum atomic E-state index is 0.337. The Balaban J connectivity index is 2.78. The van der Waals surface area contributed by atoms with Crippen molar-refractivity contribution in [3.63, 3.8) is 0 Å². The van der Waals surface area contributed by atoms with Crippen molar-refractivity contribution in [1.82, 2.24) is 10.2 Å². The first kappa shape index (κ1) is 7.97. The van der Waals surface area contributed by atoms with Gasteiger partial charge < -0.3 is 4.42 Å². The van der Waals surface area contributed by atoms with Crippen molar-refractivity contribution in [2.45, 2.75) is 24.2 Å². The highest BCUT2D eigenvalue weighted by atomic mass is 127. The lowest BCUT2D eigenvalue weighted by Crippen LogP contribution is -1.85. The lowest BCUT2D eigenvalue weighted by molar-refractivity contribution is 0.447. The third kappa shape index (κ3) is 1.68. The molecule has 0 aliphatic heterocycles. The van der Waals surface area contributed by atoms with Crippen LogP contribution >= 0.6 is 22.6 Å². The Bertz CT molecular complexity index is 209. The quantitative estimate of drug-likeness (QED) is 0.597. The Kier molecular flexibility index (Phi) is 2.64. The van der Waals surface area contributed by atoms with Crippen LogP contribution in [-0.2, 0) is 4.43 Å². The molecule has 0 aliphatic rings. The van der Waals surface area contributed by atoms with E-state index in [2.05, 4.69) is 32.8 Å². The maximum absolute atomic E-state index is 5.26. The van der Waals surface area contributed by atoms with E-state index in [0.717, 1.165) is 10.3 Å². The summed E-state index contributed by atoms with van der Waals surface area (Å²) in [5.74, 6) is 1.78. The molecular formula is C6H9IN2O. The molecule has 4 heteroatoms. The molecule has 56 valence electrons. The van der Waals surface area contributed by atoms with E-state index in [-0.39, 0.29) is 0 Å². The smallest absolute Gasteiger partial charge is 0.226 e. The van der Waals surface area contributed by atoms with Crippen molar-refractivity contribution >= 4 is 22.6 Å². The van der Waals surface area contributed by atoms with E-state index < -0.39 is 0 Å². The molecule has 0 unspecified atom stereocenters. The average Bonchev–Trinajstić information content (AvgIpc) is 2.34. The highest BCUT2D eigenvalue weighted by Crippen LogP contribution is 2.13. The molecule has 0 radical (unpaired) electrons. The van der Waals surface area contributed by atoms with E-state index in [1.807, 2.05) is 13.8 Å². The summed E-state index contributed by atoms with van der Waals surface area (Å²) in [5.41, 5.74) is 0. The van der Waals surface area contributed by atoms with E-state index >= 15 is 0 Å². The number of nitrogens with zero attached hydrogens (tertiary/aromatic N) is 2. The number of hydrogen-bond acceptors (Lipinski definition) is 3. The van der Waals surface area contributed by atoms with Gasteiger partial charge in [0.05, 0.1) is 4.43 Å². The molecule has 1 rings (SSSR count). The lowest BCUT2D eigenvalue weighted by Gasteiger charge is -1.92. The van der Waals surface area contributed by atoms with Gasteiger partial charge in [-0.15, -0.1) is 10.2 Å². The number of hydrogen-bond donors (Lipinski definition) is 0. The van der Waals surface area contributed by atoms with Gasteiger partial charge in [0.25, 0.3) is 0 Å². The van der Waals surface area contributed by atoms with Crippen LogP contribution in [0, 0.1) is 0 Å². The minimum absolute atomic E-state index is 0.337. The molecule has 1 heterocycles. The molecule has 0 aliphatic carbocycles. The molecule has 0 saturated heterocycles. The van der Waals surface area contributed by atoms with Crippen LogP contribution in [0.15, 0.2) is 4.42 Å². The molecular weight excluding hydrogens is 243 g/mol. The second-order valence-corrected chi connectivity index (χ2v) is 3.09. The van der Waals surface area contributed by atoms with Gasteiger partial charge >= 0.3 is 0 Å². The van der Waals surface area contributed by atoms with Crippen LogP contribution in [0.4, 0.5) is 0 Å². The zero-order chi connectivity index (χ0) is 7.56. The summed E-state index contributed by atoms with van der Waals surface area (Å²) in [5, 5.41) is 7.70. The van der Waals surface area contributed by atoms with E-state index in [0.29, 0.717) is 11.8 Å². The van der Waals surface area contributed by atoms with Gasteiger partial charge in [-0.05, 0) is 0 Å². The number of alkyl halides is 1. The van der Waals surface area contributed by atoms with E-state index in [9.17, 15) is 0 Å². The fourth-order valence-electron chi connectivity index (χ4n) is 0.554. The zero-order valence-electron chi connectivity index (χ0n) is 5.97. The zero-order valence-corrected chi connectivity index (χ0v) is 8.12. The van der Waals surface area contributed by atoms with Crippen LogP contribution in [0.2, 0.25) is 0 Å². The van der Waals surface area contributed by atoms with Crippen LogP contribution in [0.25, 0.3) is 0 Å².